The summed E-state index contributed by atoms with van der Waals surface area (Å²) in [6.45, 7) is 0.197. The average Bonchev–Trinajstić information content (AvgIpc) is 2.50. The Hall–Kier alpha value is -1.46. The lowest BCUT2D eigenvalue weighted by atomic mass is 9.81. The lowest BCUT2D eigenvalue weighted by Crippen LogP contribution is -2.34. The van der Waals surface area contributed by atoms with Gasteiger partial charge in [0.2, 0.25) is 10.0 Å². The number of carbonyl (C=O) groups is 1. The van der Waals surface area contributed by atoms with Gasteiger partial charge in [-0.05, 0) is 43.9 Å². The Kier molecular flexibility index (Phi) is 7.66. The highest BCUT2D eigenvalue weighted by molar-refractivity contribution is 7.89. The van der Waals surface area contributed by atoms with E-state index in [1.165, 1.54) is 24.3 Å². The standard InChI is InChI=1S/C13H21BN2O6S/c1-15-12(13(17)18)4-2-3-9-16-23(21,22)11-7-5-10(6-8-11)14(19)20/h5-8,12,15-16,19-20H,2-4,9H2,1H3,(H,17,18)/t12-/m0/s1. The van der Waals surface area contributed by atoms with E-state index in [9.17, 15) is 13.2 Å². The average molecular weight is 344 g/mol. The molecule has 1 aromatic rings. The number of sulfonamides is 1. The van der Waals surface area contributed by atoms with Crippen molar-refractivity contribution in [2.75, 3.05) is 13.6 Å². The third kappa shape index (κ3) is 6.28. The molecule has 0 radical (unpaired) electrons. The third-order valence-corrected chi connectivity index (χ3v) is 4.82. The van der Waals surface area contributed by atoms with Crippen LogP contribution in [0.15, 0.2) is 29.2 Å². The zero-order chi connectivity index (χ0) is 17.5. The molecular weight excluding hydrogens is 323 g/mol. The van der Waals surface area contributed by atoms with Crippen LogP contribution in [0.3, 0.4) is 0 Å². The van der Waals surface area contributed by atoms with E-state index in [2.05, 4.69) is 10.0 Å². The van der Waals surface area contributed by atoms with Gasteiger partial charge in [-0.3, -0.25) is 4.79 Å². The molecule has 10 heteroatoms. The van der Waals surface area contributed by atoms with Crippen molar-refractivity contribution < 1.29 is 28.4 Å². The summed E-state index contributed by atoms with van der Waals surface area (Å²) in [6.07, 6.45) is 1.49. The molecule has 128 valence electrons. The number of hydrogen-bond donors (Lipinski definition) is 5. The van der Waals surface area contributed by atoms with Crippen LogP contribution in [-0.4, -0.2) is 56.3 Å². The largest absolute Gasteiger partial charge is 0.488 e. The number of hydrogen-bond acceptors (Lipinski definition) is 6. The van der Waals surface area contributed by atoms with Crippen LogP contribution in [0.25, 0.3) is 0 Å². The Balaban J connectivity index is 2.45. The summed E-state index contributed by atoms with van der Waals surface area (Å²) in [7, 11) is -3.75. The molecule has 8 nitrogen and oxygen atoms in total. The molecule has 0 saturated carbocycles. The van der Waals surface area contributed by atoms with Gasteiger partial charge in [0.1, 0.15) is 6.04 Å². The second-order valence-corrected chi connectivity index (χ2v) is 6.78. The Morgan fingerprint density at radius 3 is 2.30 bits per heavy atom. The van der Waals surface area contributed by atoms with E-state index in [4.69, 9.17) is 15.2 Å². The predicted octanol–water partition coefficient (Wildman–Crippen LogP) is -1.51. The molecule has 5 N–H and O–H groups in total. The monoisotopic (exact) mass is 344 g/mol. The minimum Gasteiger partial charge on any atom is -0.480 e. The van der Waals surface area contributed by atoms with Crippen molar-refractivity contribution >= 4 is 28.6 Å². The Labute approximate surface area is 135 Å². The summed E-state index contributed by atoms with van der Waals surface area (Å²) < 4.78 is 26.5. The summed E-state index contributed by atoms with van der Waals surface area (Å²) in [6, 6.07) is 4.59. The quantitative estimate of drug-likeness (QED) is 0.257. The highest BCUT2D eigenvalue weighted by atomic mass is 32.2. The number of nitrogens with one attached hydrogen (secondary N) is 2. The number of benzene rings is 1. The summed E-state index contributed by atoms with van der Waals surface area (Å²) in [5, 5.41) is 29.5. The predicted molar refractivity (Wildman–Crippen MR) is 85.8 cm³/mol. The van der Waals surface area contributed by atoms with E-state index in [1.54, 1.807) is 7.05 Å². The maximum absolute atomic E-state index is 12.0. The second-order valence-electron chi connectivity index (χ2n) is 5.02. The molecule has 0 fully saturated rings. The Morgan fingerprint density at radius 1 is 1.22 bits per heavy atom. The Bertz CT molecular complexity index is 605. The molecule has 23 heavy (non-hydrogen) atoms. The molecule has 0 aromatic heterocycles. The van der Waals surface area contributed by atoms with Crippen molar-refractivity contribution in [2.45, 2.75) is 30.2 Å². The zero-order valence-corrected chi connectivity index (χ0v) is 13.6. The van der Waals surface area contributed by atoms with Crippen molar-refractivity contribution in [3.05, 3.63) is 24.3 Å². The molecule has 1 aromatic carbocycles. The summed E-state index contributed by atoms with van der Waals surface area (Å²) in [5.41, 5.74) is 0.204. The molecule has 1 rings (SSSR count). The molecule has 0 aliphatic rings. The maximum atomic E-state index is 12.0. The number of unbranched alkanes of at least 4 members (excludes halogenated alkanes) is 1. The first-order valence-electron chi connectivity index (χ1n) is 7.13. The topological polar surface area (TPSA) is 136 Å². The molecule has 0 spiro atoms. The molecule has 0 amide bonds. The molecule has 0 saturated heterocycles. The van der Waals surface area contributed by atoms with Crippen molar-refractivity contribution in [3.63, 3.8) is 0 Å². The lowest BCUT2D eigenvalue weighted by molar-refractivity contribution is -0.139. The number of rotatable bonds is 10. The molecule has 0 heterocycles. The number of carboxylic acid groups (broad SMARTS) is 1. The minimum atomic E-state index is -3.67. The summed E-state index contributed by atoms with van der Waals surface area (Å²) in [5.74, 6) is -0.931. The van der Waals surface area contributed by atoms with Crippen LogP contribution in [0, 0.1) is 0 Å². The fourth-order valence-electron chi connectivity index (χ4n) is 1.97. The molecule has 0 bridgehead atoms. The van der Waals surface area contributed by atoms with Crippen LogP contribution in [0.4, 0.5) is 0 Å². The number of carboxylic acids is 1. The SMILES string of the molecule is CN[C@@H](CCCCNS(=O)(=O)c1ccc(B(O)O)cc1)C(=O)O. The highest BCUT2D eigenvalue weighted by Gasteiger charge is 2.17. The fourth-order valence-corrected chi connectivity index (χ4v) is 3.05. The van der Waals surface area contributed by atoms with Crippen molar-refractivity contribution in [1.82, 2.24) is 10.0 Å². The second kappa shape index (κ2) is 8.99. The van der Waals surface area contributed by atoms with Crippen molar-refractivity contribution in [1.29, 1.82) is 0 Å². The van der Waals surface area contributed by atoms with Crippen LogP contribution in [0.5, 0.6) is 0 Å². The number of likely N-dealkylation sites (N-methyl/N-ethyl adjacent to an activating group) is 1. The van der Waals surface area contributed by atoms with Gasteiger partial charge in [0, 0.05) is 6.54 Å². The molecule has 0 aliphatic carbocycles. The van der Waals surface area contributed by atoms with Gasteiger partial charge in [-0.1, -0.05) is 12.1 Å². The zero-order valence-electron chi connectivity index (χ0n) is 12.8. The van der Waals surface area contributed by atoms with Gasteiger partial charge >= 0.3 is 13.1 Å². The van der Waals surface area contributed by atoms with E-state index >= 15 is 0 Å². The van der Waals surface area contributed by atoms with E-state index in [0.717, 1.165) is 0 Å². The Morgan fingerprint density at radius 2 is 1.83 bits per heavy atom. The van der Waals surface area contributed by atoms with Crippen LogP contribution in [0.1, 0.15) is 19.3 Å². The minimum absolute atomic E-state index is 0.0283. The van der Waals surface area contributed by atoms with Gasteiger partial charge in [0.15, 0.2) is 0 Å². The van der Waals surface area contributed by atoms with E-state index in [0.29, 0.717) is 19.3 Å². The lowest BCUT2D eigenvalue weighted by Gasteiger charge is -2.11. The van der Waals surface area contributed by atoms with E-state index in [-0.39, 0.29) is 16.9 Å². The molecule has 1 atom stereocenters. The summed E-state index contributed by atoms with van der Waals surface area (Å²) in [4.78, 5) is 10.8. The van der Waals surface area contributed by atoms with Crippen LogP contribution >= 0.6 is 0 Å². The van der Waals surface area contributed by atoms with Crippen LogP contribution < -0.4 is 15.5 Å². The third-order valence-electron chi connectivity index (χ3n) is 3.35. The van der Waals surface area contributed by atoms with Gasteiger partial charge < -0.3 is 20.5 Å². The smallest absolute Gasteiger partial charge is 0.480 e. The van der Waals surface area contributed by atoms with Gasteiger partial charge in [0.25, 0.3) is 0 Å². The normalized spacial score (nSPS) is 12.8. The van der Waals surface area contributed by atoms with Gasteiger partial charge in [-0.15, -0.1) is 0 Å². The van der Waals surface area contributed by atoms with Crippen molar-refractivity contribution in [2.24, 2.45) is 0 Å². The van der Waals surface area contributed by atoms with Gasteiger partial charge in [-0.2, -0.15) is 0 Å². The fraction of sp³-hybridized carbons (Fsp3) is 0.462. The van der Waals surface area contributed by atoms with Gasteiger partial charge in [0.05, 0.1) is 4.90 Å². The van der Waals surface area contributed by atoms with Gasteiger partial charge in [-0.25, -0.2) is 13.1 Å². The number of aliphatic carboxylic acids is 1. The first-order valence-corrected chi connectivity index (χ1v) is 8.62. The van der Waals surface area contributed by atoms with Crippen molar-refractivity contribution in [3.8, 4) is 0 Å². The summed E-state index contributed by atoms with van der Waals surface area (Å²) >= 11 is 0. The maximum Gasteiger partial charge on any atom is 0.488 e. The molecular formula is C13H21BN2O6S. The highest BCUT2D eigenvalue weighted by Crippen LogP contribution is 2.07. The van der Waals surface area contributed by atoms with E-state index in [1.807, 2.05) is 0 Å². The first-order chi connectivity index (χ1) is 10.8. The van der Waals surface area contributed by atoms with Crippen LogP contribution in [0.2, 0.25) is 0 Å². The first kappa shape index (κ1) is 19.6. The molecule has 0 unspecified atom stereocenters. The molecule has 0 aliphatic heterocycles. The van der Waals surface area contributed by atoms with Crippen LogP contribution in [-0.2, 0) is 14.8 Å². The van der Waals surface area contributed by atoms with E-state index < -0.39 is 29.2 Å².